The molecule has 0 bridgehead atoms. The molecule has 0 saturated carbocycles. The van der Waals surface area contributed by atoms with Gasteiger partial charge in [-0.2, -0.15) is 0 Å². The topological polar surface area (TPSA) is 122 Å². The molecular weight excluding hydrogens is 258 g/mol. The number of hydrogen-bond acceptors (Lipinski definition) is 5. The first-order chi connectivity index (χ1) is 8.32. The second-order valence-corrected chi connectivity index (χ2v) is 5.14. The van der Waals surface area contributed by atoms with E-state index in [1.807, 2.05) is 13.8 Å². The van der Waals surface area contributed by atoms with E-state index in [0.717, 1.165) is 11.8 Å². The van der Waals surface area contributed by atoms with Crippen LogP contribution in [-0.4, -0.2) is 47.1 Å². The van der Waals surface area contributed by atoms with Crippen molar-refractivity contribution < 1.29 is 19.5 Å². The highest BCUT2D eigenvalue weighted by Gasteiger charge is 2.13. The first-order valence-electron chi connectivity index (χ1n) is 5.46. The van der Waals surface area contributed by atoms with Gasteiger partial charge >= 0.3 is 12.0 Å². The summed E-state index contributed by atoms with van der Waals surface area (Å²) in [6.45, 7) is 4.35. The fraction of sp³-hybridized carbons (Fsp3) is 0.700. The van der Waals surface area contributed by atoms with Gasteiger partial charge in [-0.15, -0.1) is 11.8 Å². The van der Waals surface area contributed by atoms with E-state index < -0.39 is 23.9 Å². The summed E-state index contributed by atoms with van der Waals surface area (Å²) in [7, 11) is 0. The number of rotatable bonds is 7. The van der Waals surface area contributed by atoms with Crippen molar-refractivity contribution in [3.8, 4) is 0 Å². The molecule has 0 aliphatic rings. The van der Waals surface area contributed by atoms with Gasteiger partial charge in [0, 0.05) is 12.3 Å². The number of carboxylic acids is 1. The van der Waals surface area contributed by atoms with Crippen LogP contribution in [-0.2, 0) is 9.59 Å². The molecule has 0 aromatic rings. The second-order valence-electron chi connectivity index (χ2n) is 4.11. The van der Waals surface area contributed by atoms with Crippen LogP contribution in [0.1, 0.15) is 13.8 Å². The Morgan fingerprint density at radius 1 is 1.33 bits per heavy atom. The minimum atomic E-state index is -1.11. The molecule has 8 heteroatoms. The molecule has 0 aliphatic heterocycles. The Balaban J connectivity index is 3.71. The number of carbonyl (C=O) groups excluding carboxylic acids is 2. The number of hydrogen-bond donors (Lipinski definition) is 4. The number of carbonyl (C=O) groups is 3. The number of imide groups is 1. The Morgan fingerprint density at radius 3 is 2.44 bits per heavy atom. The fourth-order valence-corrected chi connectivity index (χ4v) is 1.63. The molecule has 5 N–H and O–H groups in total. The van der Waals surface area contributed by atoms with Crippen LogP contribution in [0.2, 0.25) is 0 Å². The molecule has 0 saturated heterocycles. The molecule has 1 atom stereocenters. The van der Waals surface area contributed by atoms with Crippen LogP contribution in [0.3, 0.4) is 0 Å². The largest absolute Gasteiger partial charge is 0.480 e. The molecule has 0 fully saturated rings. The fourth-order valence-electron chi connectivity index (χ4n) is 0.854. The van der Waals surface area contributed by atoms with Crippen molar-refractivity contribution in [2.24, 2.45) is 11.7 Å². The predicted molar refractivity (Wildman–Crippen MR) is 69.3 cm³/mol. The summed E-state index contributed by atoms with van der Waals surface area (Å²) in [5.41, 5.74) is 5.25. The van der Waals surface area contributed by atoms with Crippen molar-refractivity contribution in [2.45, 2.75) is 19.9 Å². The van der Waals surface area contributed by atoms with Crippen LogP contribution in [0.25, 0.3) is 0 Å². The quantitative estimate of drug-likeness (QED) is 0.503. The monoisotopic (exact) mass is 277 g/mol. The zero-order chi connectivity index (χ0) is 14.1. The van der Waals surface area contributed by atoms with Gasteiger partial charge in [-0.3, -0.25) is 14.9 Å². The van der Waals surface area contributed by atoms with Crippen LogP contribution in [0, 0.1) is 5.92 Å². The van der Waals surface area contributed by atoms with E-state index in [-0.39, 0.29) is 11.5 Å². The molecule has 0 rings (SSSR count). The molecule has 18 heavy (non-hydrogen) atoms. The van der Waals surface area contributed by atoms with Crippen molar-refractivity contribution in [2.75, 3.05) is 18.1 Å². The molecular formula is C10H19N3O4S. The van der Waals surface area contributed by atoms with Crippen molar-refractivity contribution in [3.05, 3.63) is 0 Å². The van der Waals surface area contributed by atoms with Crippen LogP contribution < -0.4 is 16.4 Å². The summed E-state index contributed by atoms with van der Waals surface area (Å²) in [5.74, 6) is -1.17. The van der Waals surface area contributed by atoms with E-state index in [1.54, 1.807) is 0 Å². The lowest BCUT2D eigenvalue weighted by Gasteiger charge is -2.09. The van der Waals surface area contributed by atoms with Crippen molar-refractivity contribution in [3.63, 3.8) is 0 Å². The van der Waals surface area contributed by atoms with Gasteiger partial charge < -0.3 is 16.2 Å². The highest BCUT2D eigenvalue weighted by molar-refractivity contribution is 8.00. The third kappa shape index (κ3) is 8.82. The Labute approximate surface area is 110 Å². The predicted octanol–water partition coefficient (Wildman–Crippen LogP) is -0.387. The Kier molecular flexibility index (Phi) is 8.14. The zero-order valence-corrected chi connectivity index (χ0v) is 11.3. The Hall–Kier alpha value is -1.28. The molecule has 0 aromatic heterocycles. The molecule has 0 heterocycles. The average Bonchev–Trinajstić information content (AvgIpc) is 2.25. The lowest BCUT2D eigenvalue weighted by Crippen LogP contribution is -2.42. The maximum Gasteiger partial charge on any atom is 0.321 e. The van der Waals surface area contributed by atoms with Crippen LogP contribution >= 0.6 is 11.8 Å². The van der Waals surface area contributed by atoms with E-state index in [4.69, 9.17) is 10.8 Å². The molecule has 0 aromatic carbocycles. The van der Waals surface area contributed by atoms with Gasteiger partial charge in [0.15, 0.2) is 0 Å². The SMILES string of the molecule is CC(C)CNC(=O)NC(=O)CSC[C@@H](N)C(=O)O. The van der Waals surface area contributed by atoms with E-state index in [1.165, 1.54) is 0 Å². The van der Waals surface area contributed by atoms with Gasteiger partial charge in [-0.25, -0.2) is 4.79 Å². The lowest BCUT2D eigenvalue weighted by molar-refractivity contribution is -0.138. The maximum absolute atomic E-state index is 11.3. The summed E-state index contributed by atoms with van der Waals surface area (Å²) in [6.07, 6.45) is 0. The summed E-state index contributed by atoms with van der Waals surface area (Å²) >= 11 is 1.07. The van der Waals surface area contributed by atoms with Crippen LogP contribution in [0.4, 0.5) is 4.79 Å². The van der Waals surface area contributed by atoms with E-state index in [9.17, 15) is 14.4 Å². The second kappa shape index (κ2) is 8.76. The average molecular weight is 277 g/mol. The summed E-state index contributed by atoms with van der Waals surface area (Å²) < 4.78 is 0. The summed E-state index contributed by atoms with van der Waals surface area (Å²) in [4.78, 5) is 32.9. The molecule has 0 unspecified atom stereocenters. The maximum atomic E-state index is 11.3. The van der Waals surface area contributed by atoms with Crippen LogP contribution in [0.15, 0.2) is 0 Å². The normalized spacial score (nSPS) is 12.0. The van der Waals surface area contributed by atoms with E-state index >= 15 is 0 Å². The lowest BCUT2D eigenvalue weighted by atomic mass is 10.2. The van der Waals surface area contributed by atoms with Gasteiger partial charge in [0.25, 0.3) is 0 Å². The van der Waals surface area contributed by atoms with Gasteiger partial charge in [-0.1, -0.05) is 13.8 Å². The number of amides is 3. The summed E-state index contributed by atoms with van der Waals surface area (Å²) in [5, 5.41) is 13.2. The minimum Gasteiger partial charge on any atom is -0.480 e. The van der Waals surface area contributed by atoms with E-state index in [0.29, 0.717) is 12.5 Å². The van der Waals surface area contributed by atoms with Crippen molar-refractivity contribution in [1.29, 1.82) is 0 Å². The number of nitrogens with one attached hydrogen (secondary N) is 2. The number of carboxylic acid groups (broad SMARTS) is 1. The Bertz CT molecular complexity index is 309. The molecule has 0 radical (unpaired) electrons. The highest BCUT2D eigenvalue weighted by Crippen LogP contribution is 2.01. The first kappa shape index (κ1) is 16.7. The van der Waals surface area contributed by atoms with Gasteiger partial charge in [0.05, 0.1) is 5.75 Å². The molecule has 3 amide bonds. The highest BCUT2D eigenvalue weighted by atomic mass is 32.2. The zero-order valence-electron chi connectivity index (χ0n) is 10.4. The first-order valence-corrected chi connectivity index (χ1v) is 6.62. The number of thioether (sulfide) groups is 1. The molecule has 7 nitrogen and oxygen atoms in total. The van der Waals surface area contributed by atoms with Gasteiger partial charge in [0.1, 0.15) is 6.04 Å². The number of nitrogens with two attached hydrogens (primary N) is 1. The van der Waals surface area contributed by atoms with E-state index in [2.05, 4.69) is 10.6 Å². The van der Waals surface area contributed by atoms with Gasteiger partial charge in [0.2, 0.25) is 5.91 Å². The van der Waals surface area contributed by atoms with Crippen molar-refractivity contribution in [1.82, 2.24) is 10.6 Å². The third-order valence-electron chi connectivity index (χ3n) is 1.77. The molecule has 0 spiro atoms. The third-order valence-corrected chi connectivity index (χ3v) is 2.83. The van der Waals surface area contributed by atoms with Crippen LogP contribution in [0.5, 0.6) is 0 Å². The van der Waals surface area contributed by atoms with Crippen molar-refractivity contribution >= 4 is 29.7 Å². The number of aliphatic carboxylic acids is 1. The smallest absolute Gasteiger partial charge is 0.321 e. The van der Waals surface area contributed by atoms with Gasteiger partial charge in [-0.05, 0) is 5.92 Å². The molecule has 104 valence electrons. The minimum absolute atomic E-state index is 0.00389. The Morgan fingerprint density at radius 2 is 1.94 bits per heavy atom. The summed E-state index contributed by atoms with van der Waals surface area (Å²) in [6, 6.07) is -1.55. The standard InChI is InChI=1S/C10H19N3O4S/c1-6(2)3-12-10(17)13-8(14)5-18-4-7(11)9(15)16/h6-7H,3-5,11H2,1-2H3,(H,15,16)(H2,12,13,14,17)/t7-/m1/s1. The molecule has 0 aliphatic carbocycles. The number of urea groups is 1.